The molecule has 1 fully saturated rings. The van der Waals surface area contributed by atoms with Gasteiger partial charge in [-0.05, 0) is 68.7 Å². The third-order valence-corrected chi connectivity index (χ3v) is 3.89. The Kier molecular flexibility index (Phi) is 3.92. The van der Waals surface area contributed by atoms with Crippen molar-refractivity contribution in [2.24, 2.45) is 0 Å². The fourth-order valence-corrected chi connectivity index (χ4v) is 2.68. The molecule has 1 aliphatic rings. The van der Waals surface area contributed by atoms with Crippen LogP contribution in [-0.4, -0.2) is 35.0 Å². The van der Waals surface area contributed by atoms with Crippen LogP contribution in [-0.2, 0) is 0 Å². The number of hydrogen-bond acceptors (Lipinski definition) is 4. The Morgan fingerprint density at radius 1 is 1.05 bits per heavy atom. The molecule has 3 rings (SSSR count). The minimum atomic E-state index is 0.651. The number of rotatable bonds is 3. The van der Waals surface area contributed by atoms with Crippen molar-refractivity contribution in [1.82, 2.24) is 14.9 Å². The van der Waals surface area contributed by atoms with Crippen LogP contribution in [0.4, 0.5) is 11.6 Å². The highest BCUT2D eigenvalue weighted by atomic mass is 15.1. The lowest BCUT2D eigenvalue weighted by Gasteiger charge is -2.29. The van der Waals surface area contributed by atoms with E-state index in [1.807, 2.05) is 24.4 Å². The Hall–Kier alpha value is -1.94. The first-order chi connectivity index (χ1) is 9.81. The Morgan fingerprint density at radius 2 is 1.85 bits per heavy atom. The number of anilines is 2. The molecule has 2 aromatic heterocycles. The summed E-state index contributed by atoms with van der Waals surface area (Å²) in [6.45, 7) is 2.35. The topological polar surface area (TPSA) is 41.1 Å². The van der Waals surface area contributed by atoms with Crippen LogP contribution in [0.5, 0.6) is 0 Å². The third kappa shape index (κ3) is 3.14. The summed E-state index contributed by atoms with van der Waals surface area (Å²) >= 11 is 0. The second-order valence-electron chi connectivity index (χ2n) is 5.39. The molecular formula is C16H20N4. The molecule has 20 heavy (non-hydrogen) atoms. The molecule has 3 heterocycles. The van der Waals surface area contributed by atoms with E-state index >= 15 is 0 Å². The highest BCUT2D eigenvalue weighted by molar-refractivity contribution is 5.52. The first-order valence-corrected chi connectivity index (χ1v) is 7.14. The number of nitrogens with one attached hydrogen (secondary N) is 1. The van der Waals surface area contributed by atoms with Crippen LogP contribution in [0.1, 0.15) is 24.3 Å². The Balaban J connectivity index is 1.73. The minimum absolute atomic E-state index is 0.651. The molecule has 0 bridgehead atoms. The fraction of sp³-hybridized carbons (Fsp3) is 0.375. The van der Waals surface area contributed by atoms with Gasteiger partial charge in [0.05, 0.1) is 0 Å². The molecule has 1 aliphatic heterocycles. The molecule has 0 amide bonds. The van der Waals surface area contributed by atoms with Crippen molar-refractivity contribution < 1.29 is 0 Å². The lowest BCUT2D eigenvalue weighted by atomic mass is 9.90. The fourth-order valence-electron chi connectivity index (χ4n) is 2.68. The monoisotopic (exact) mass is 268 g/mol. The molecule has 1 N–H and O–H groups in total. The average molecular weight is 268 g/mol. The lowest BCUT2D eigenvalue weighted by molar-refractivity contribution is 0.255. The van der Waals surface area contributed by atoms with Crippen molar-refractivity contribution >= 4 is 11.6 Å². The molecule has 4 nitrogen and oxygen atoms in total. The van der Waals surface area contributed by atoms with E-state index in [0.29, 0.717) is 5.92 Å². The highest BCUT2D eigenvalue weighted by Crippen LogP contribution is 2.28. The summed E-state index contributed by atoms with van der Waals surface area (Å²) in [7, 11) is 2.19. The van der Waals surface area contributed by atoms with Crippen LogP contribution < -0.4 is 5.32 Å². The van der Waals surface area contributed by atoms with E-state index in [1.165, 1.54) is 31.5 Å². The molecule has 0 unspecified atom stereocenters. The van der Waals surface area contributed by atoms with Crippen molar-refractivity contribution in [3.05, 3.63) is 48.3 Å². The summed E-state index contributed by atoms with van der Waals surface area (Å²) in [6, 6.07) is 10.1. The molecule has 0 atom stereocenters. The van der Waals surface area contributed by atoms with Gasteiger partial charge in [0.2, 0.25) is 0 Å². The van der Waals surface area contributed by atoms with E-state index in [9.17, 15) is 0 Å². The Bertz CT molecular complexity index is 547. The molecule has 4 heteroatoms. The molecule has 2 aromatic rings. The molecule has 1 saturated heterocycles. The number of aromatic nitrogens is 2. The smallest absolute Gasteiger partial charge is 0.131 e. The van der Waals surface area contributed by atoms with E-state index in [4.69, 9.17) is 0 Å². The van der Waals surface area contributed by atoms with E-state index in [2.05, 4.69) is 39.4 Å². The molecule has 0 spiro atoms. The molecule has 0 aromatic carbocycles. The first-order valence-electron chi connectivity index (χ1n) is 7.14. The van der Waals surface area contributed by atoms with E-state index in [1.54, 1.807) is 6.20 Å². The van der Waals surface area contributed by atoms with Gasteiger partial charge < -0.3 is 10.2 Å². The molecular weight excluding hydrogens is 248 g/mol. The summed E-state index contributed by atoms with van der Waals surface area (Å²) in [5.74, 6) is 2.36. The molecule has 0 radical (unpaired) electrons. The van der Waals surface area contributed by atoms with Gasteiger partial charge in [0, 0.05) is 12.4 Å². The van der Waals surface area contributed by atoms with Crippen LogP contribution in [0.25, 0.3) is 0 Å². The third-order valence-electron chi connectivity index (χ3n) is 3.89. The van der Waals surface area contributed by atoms with Gasteiger partial charge in [0.1, 0.15) is 11.6 Å². The predicted octanol–water partition coefficient (Wildman–Crippen LogP) is 3.03. The van der Waals surface area contributed by atoms with Gasteiger partial charge in [-0.15, -0.1) is 0 Å². The van der Waals surface area contributed by atoms with Gasteiger partial charge in [-0.2, -0.15) is 0 Å². The van der Waals surface area contributed by atoms with Crippen LogP contribution in [0.15, 0.2) is 42.7 Å². The van der Waals surface area contributed by atoms with E-state index in [-0.39, 0.29) is 0 Å². The maximum atomic E-state index is 4.38. The zero-order valence-corrected chi connectivity index (χ0v) is 11.8. The van der Waals surface area contributed by atoms with Gasteiger partial charge in [-0.3, -0.25) is 0 Å². The van der Waals surface area contributed by atoms with E-state index < -0.39 is 0 Å². The summed E-state index contributed by atoms with van der Waals surface area (Å²) in [4.78, 5) is 11.0. The number of pyridine rings is 2. The van der Waals surface area contributed by atoms with Gasteiger partial charge in [0.15, 0.2) is 0 Å². The van der Waals surface area contributed by atoms with Gasteiger partial charge in [-0.25, -0.2) is 9.97 Å². The maximum absolute atomic E-state index is 4.38. The van der Waals surface area contributed by atoms with Gasteiger partial charge in [-0.1, -0.05) is 6.07 Å². The second-order valence-corrected chi connectivity index (χ2v) is 5.39. The van der Waals surface area contributed by atoms with E-state index in [0.717, 1.165) is 11.6 Å². The summed E-state index contributed by atoms with van der Waals surface area (Å²) in [6.07, 6.45) is 6.12. The molecule has 104 valence electrons. The highest BCUT2D eigenvalue weighted by Gasteiger charge is 2.18. The summed E-state index contributed by atoms with van der Waals surface area (Å²) in [5.41, 5.74) is 1.38. The van der Waals surface area contributed by atoms with Crippen molar-refractivity contribution in [3.8, 4) is 0 Å². The first kappa shape index (κ1) is 13.1. The van der Waals surface area contributed by atoms with Crippen LogP contribution in [0.2, 0.25) is 0 Å². The normalized spacial score (nSPS) is 17.1. The zero-order valence-electron chi connectivity index (χ0n) is 11.8. The average Bonchev–Trinajstić information content (AvgIpc) is 2.49. The van der Waals surface area contributed by atoms with Crippen LogP contribution >= 0.6 is 0 Å². The van der Waals surface area contributed by atoms with Crippen LogP contribution in [0.3, 0.4) is 0 Å². The summed E-state index contributed by atoms with van der Waals surface area (Å²) < 4.78 is 0. The number of likely N-dealkylation sites (tertiary alicyclic amines) is 1. The predicted molar refractivity (Wildman–Crippen MR) is 81.2 cm³/mol. The SMILES string of the molecule is CN1CCC(c2ccnc(Nc3ccccn3)c2)CC1. The minimum Gasteiger partial charge on any atom is -0.325 e. The Morgan fingerprint density at radius 3 is 2.60 bits per heavy atom. The zero-order chi connectivity index (χ0) is 13.8. The standard InChI is InChI=1S/C16H20N4/c1-20-10-6-13(7-11-20)14-5-9-18-16(12-14)19-15-4-2-3-8-17-15/h2-5,8-9,12-13H,6-7,10-11H2,1H3,(H,17,18,19). The van der Waals surface area contributed by atoms with Crippen LogP contribution in [0, 0.1) is 0 Å². The quantitative estimate of drug-likeness (QED) is 0.929. The largest absolute Gasteiger partial charge is 0.325 e. The van der Waals surface area contributed by atoms with Gasteiger partial charge in [0.25, 0.3) is 0 Å². The Labute approximate surface area is 119 Å². The second kappa shape index (κ2) is 6.01. The van der Waals surface area contributed by atoms with Crippen molar-refractivity contribution in [1.29, 1.82) is 0 Å². The number of piperidine rings is 1. The molecule has 0 saturated carbocycles. The van der Waals surface area contributed by atoms with Crippen molar-refractivity contribution in [2.45, 2.75) is 18.8 Å². The lowest BCUT2D eigenvalue weighted by Crippen LogP contribution is -2.29. The van der Waals surface area contributed by atoms with Gasteiger partial charge >= 0.3 is 0 Å². The van der Waals surface area contributed by atoms with Crippen molar-refractivity contribution in [3.63, 3.8) is 0 Å². The number of hydrogen-bond donors (Lipinski definition) is 1. The maximum Gasteiger partial charge on any atom is 0.131 e. The number of nitrogens with zero attached hydrogens (tertiary/aromatic N) is 3. The summed E-state index contributed by atoms with van der Waals surface area (Å²) in [5, 5.41) is 3.26. The van der Waals surface area contributed by atoms with Crippen molar-refractivity contribution in [2.75, 3.05) is 25.5 Å². The molecule has 0 aliphatic carbocycles.